The maximum Gasteiger partial charge on any atom is 0.287 e. The van der Waals surface area contributed by atoms with Crippen molar-refractivity contribution in [3.8, 4) is 0 Å². The zero-order valence-corrected chi connectivity index (χ0v) is 11.6. The molecule has 2 rings (SSSR count). The molecule has 0 aliphatic heterocycles. The average molecular weight is 294 g/mol. The summed E-state index contributed by atoms with van der Waals surface area (Å²) in [5.74, 6) is -0.411. The Hall–Kier alpha value is -2.34. The lowest BCUT2D eigenvalue weighted by atomic mass is 10.2. The zero-order valence-electron chi connectivity index (χ0n) is 10.9. The van der Waals surface area contributed by atoms with Gasteiger partial charge in [0.05, 0.1) is 11.1 Å². The molecule has 0 spiro atoms. The van der Waals surface area contributed by atoms with Crippen molar-refractivity contribution in [1.82, 2.24) is 4.57 Å². The minimum absolute atomic E-state index is 0.120. The number of halogens is 1. The van der Waals surface area contributed by atoms with Crippen LogP contribution in [0.3, 0.4) is 0 Å². The molecule has 1 aromatic carbocycles. The van der Waals surface area contributed by atoms with Crippen molar-refractivity contribution in [2.75, 3.05) is 5.32 Å². The Kier molecular flexibility index (Phi) is 3.76. The summed E-state index contributed by atoms with van der Waals surface area (Å²) < 4.78 is 1.42. The Morgan fingerprint density at radius 1 is 1.40 bits per heavy atom. The Balaban J connectivity index is 2.26. The van der Waals surface area contributed by atoms with Gasteiger partial charge in [-0.3, -0.25) is 14.9 Å². The molecule has 0 radical (unpaired) electrons. The topological polar surface area (TPSA) is 77.2 Å². The number of nitro groups is 1. The van der Waals surface area contributed by atoms with Crippen molar-refractivity contribution in [3.05, 3.63) is 56.9 Å². The molecule has 0 saturated heterocycles. The van der Waals surface area contributed by atoms with Gasteiger partial charge >= 0.3 is 0 Å². The maximum absolute atomic E-state index is 12.1. The van der Waals surface area contributed by atoms with Gasteiger partial charge in [0.2, 0.25) is 0 Å². The van der Waals surface area contributed by atoms with Gasteiger partial charge in [-0.05, 0) is 30.7 Å². The van der Waals surface area contributed by atoms with Gasteiger partial charge in [0.1, 0.15) is 5.69 Å². The van der Waals surface area contributed by atoms with E-state index in [9.17, 15) is 14.9 Å². The van der Waals surface area contributed by atoms with Gasteiger partial charge in [-0.25, -0.2) is 0 Å². The van der Waals surface area contributed by atoms with Crippen LogP contribution >= 0.6 is 11.6 Å². The molecular weight excluding hydrogens is 282 g/mol. The molecule has 2 aromatic rings. The number of aryl methyl sites for hydroxylation is 2. The van der Waals surface area contributed by atoms with Crippen LogP contribution in [0, 0.1) is 17.0 Å². The SMILES string of the molecule is Cc1cc(Cl)ccc1NC(=O)c1cc([N+](=O)[O-])cn1C. The van der Waals surface area contributed by atoms with E-state index in [1.165, 1.54) is 16.8 Å². The molecule has 1 N–H and O–H groups in total. The lowest BCUT2D eigenvalue weighted by Gasteiger charge is -2.08. The van der Waals surface area contributed by atoms with Gasteiger partial charge < -0.3 is 9.88 Å². The fourth-order valence-electron chi connectivity index (χ4n) is 1.83. The van der Waals surface area contributed by atoms with Crippen LogP contribution in [0.4, 0.5) is 11.4 Å². The molecule has 1 aromatic heterocycles. The second-order valence-corrected chi connectivity index (χ2v) is 4.80. The number of anilines is 1. The molecule has 6 nitrogen and oxygen atoms in total. The first kappa shape index (κ1) is 14.1. The smallest absolute Gasteiger partial charge is 0.287 e. The Bertz CT molecular complexity index is 694. The summed E-state index contributed by atoms with van der Waals surface area (Å²) >= 11 is 5.84. The first-order valence-corrected chi connectivity index (χ1v) is 6.14. The lowest BCUT2D eigenvalue weighted by molar-refractivity contribution is -0.384. The Morgan fingerprint density at radius 2 is 2.10 bits per heavy atom. The third-order valence-corrected chi connectivity index (χ3v) is 3.11. The second kappa shape index (κ2) is 5.34. The van der Waals surface area contributed by atoms with Crippen molar-refractivity contribution in [3.63, 3.8) is 0 Å². The summed E-state index contributed by atoms with van der Waals surface area (Å²) in [6.45, 7) is 1.81. The zero-order chi connectivity index (χ0) is 14.9. The number of carbonyl (C=O) groups is 1. The van der Waals surface area contributed by atoms with Crippen LogP contribution in [0.25, 0.3) is 0 Å². The van der Waals surface area contributed by atoms with E-state index in [0.29, 0.717) is 10.7 Å². The first-order valence-electron chi connectivity index (χ1n) is 5.76. The number of nitrogens with zero attached hydrogens (tertiary/aromatic N) is 2. The monoisotopic (exact) mass is 293 g/mol. The van der Waals surface area contributed by atoms with Crippen LogP contribution in [0.15, 0.2) is 30.5 Å². The third-order valence-electron chi connectivity index (χ3n) is 2.87. The maximum atomic E-state index is 12.1. The number of amides is 1. The summed E-state index contributed by atoms with van der Waals surface area (Å²) in [7, 11) is 1.58. The van der Waals surface area contributed by atoms with Crippen molar-refractivity contribution in [2.45, 2.75) is 6.92 Å². The lowest BCUT2D eigenvalue weighted by Crippen LogP contribution is -2.15. The summed E-state index contributed by atoms with van der Waals surface area (Å²) in [5, 5.41) is 14.0. The molecule has 1 amide bonds. The Labute approximate surface area is 120 Å². The van der Waals surface area contributed by atoms with Gasteiger partial charge in [0.25, 0.3) is 11.6 Å². The number of hydrogen-bond donors (Lipinski definition) is 1. The molecule has 0 aliphatic carbocycles. The highest BCUT2D eigenvalue weighted by molar-refractivity contribution is 6.30. The van der Waals surface area contributed by atoms with E-state index in [2.05, 4.69) is 5.32 Å². The van der Waals surface area contributed by atoms with E-state index in [4.69, 9.17) is 11.6 Å². The highest BCUT2D eigenvalue weighted by Gasteiger charge is 2.18. The summed E-state index contributed by atoms with van der Waals surface area (Å²) in [4.78, 5) is 22.3. The summed E-state index contributed by atoms with van der Waals surface area (Å²) in [6.07, 6.45) is 1.30. The van der Waals surface area contributed by atoms with E-state index in [-0.39, 0.29) is 11.4 Å². The van der Waals surface area contributed by atoms with E-state index in [1.807, 2.05) is 6.92 Å². The third kappa shape index (κ3) is 2.80. The predicted octanol–water partition coefficient (Wildman–Crippen LogP) is 3.15. The highest BCUT2D eigenvalue weighted by atomic mass is 35.5. The number of aromatic nitrogens is 1. The van der Waals surface area contributed by atoms with Crippen LogP contribution < -0.4 is 5.32 Å². The van der Waals surface area contributed by atoms with Gasteiger partial charge in [-0.2, -0.15) is 0 Å². The number of rotatable bonds is 3. The van der Waals surface area contributed by atoms with Crippen molar-refractivity contribution in [2.24, 2.45) is 7.05 Å². The van der Waals surface area contributed by atoms with Crippen LogP contribution in [-0.4, -0.2) is 15.4 Å². The standard InChI is InChI=1S/C13H12ClN3O3/c1-8-5-9(14)3-4-11(8)15-13(18)12-6-10(17(19)20)7-16(12)2/h3-7H,1-2H3,(H,15,18). The van der Waals surface area contributed by atoms with Gasteiger partial charge in [-0.1, -0.05) is 11.6 Å². The molecule has 20 heavy (non-hydrogen) atoms. The van der Waals surface area contributed by atoms with Crippen molar-refractivity contribution < 1.29 is 9.72 Å². The van der Waals surface area contributed by atoms with E-state index in [0.717, 1.165) is 5.56 Å². The number of benzene rings is 1. The van der Waals surface area contributed by atoms with Crippen LogP contribution in [0.2, 0.25) is 5.02 Å². The van der Waals surface area contributed by atoms with Crippen LogP contribution in [0.5, 0.6) is 0 Å². The fourth-order valence-corrected chi connectivity index (χ4v) is 2.05. The van der Waals surface area contributed by atoms with E-state index >= 15 is 0 Å². The van der Waals surface area contributed by atoms with Crippen LogP contribution in [0.1, 0.15) is 16.1 Å². The van der Waals surface area contributed by atoms with Gasteiger partial charge in [0, 0.05) is 23.8 Å². The molecule has 0 fully saturated rings. The molecule has 0 saturated carbocycles. The highest BCUT2D eigenvalue weighted by Crippen LogP contribution is 2.21. The summed E-state index contributed by atoms with van der Waals surface area (Å²) in [5.41, 5.74) is 1.52. The number of hydrogen-bond acceptors (Lipinski definition) is 3. The largest absolute Gasteiger partial charge is 0.340 e. The van der Waals surface area contributed by atoms with Gasteiger partial charge in [-0.15, -0.1) is 0 Å². The molecule has 1 heterocycles. The number of carbonyl (C=O) groups excluding carboxylic acids is 1. The quantitative estimate of drug-likeness (QED) is 0.697. The molecule has 0 atom stereocenters. The minimum atomic E-state index is -0.537. The van der Waals surface area contributed by atoms with E-state index in [1.54, 1.807) is 25.2 Å². The molecule has 0 aliphatic rings. The molecule has 7 heteroatoms. The second-order valence-electron chi connectivity index (χ2n) is 4.36. The summed E-state index contributed by atoms with van der Waals surface area (Å²) in [6, 6.07) is 6.32. The Morgan fingerprint density at radius 3 is 2.65 bits per heavy atom. The van der Waals surface area contributed by atoms with Crippen molar-refractivity contribution >= 4 is 28.9 Å². The number of nitrogens with one attached hydrogen (secondary N) is 1. The van der Waals surface area contributed by atoms with E-state index < -0.39 is 10.8 Å². The van der Waals surface area contributed by atoms with Gasteiger partial charge in [0.15, 0.2) is 0 Å². The molecular formula is C13H12ClN3O3. The normalized spacial score (nSPS) is 10.3. The molecule has 0 bridgehead atoms. The molecule has 0 unspecified atom stereocenters. The minimum Gasteiger partial charge on any atom is -0.340 e. The average Bonchev–Trinajstić information content (AvgIpc) is 2.75. The first-order chi connectivity index (χ1) is 9.38. The van der Waals surface area contributed by atoms with Crippen LogP contribution in [-0.2, 0) is 7.05 Å². The fraction of sp³-hybridized carbons (Fsp3) is 0.154. The molecule has 104 valence electrons. The predicted molar refractivity (Wildman–Crippen MR) is 76.2 cm³/mol. The van der Waals surface area contributed by atoms with Crippen molar-refractivity contribution in [1.29, 1.82) is 0 Å².